The second kappa shape index (κ2) is 9.88. The van der Waals surface area contributed by atoms with Crippen molar-refractivity contribution in [2.45, 2.75) is 31.3 Å². The Morgan fingerprint density at radius 3 is 2.43 bits per heavy atom. The summed E-state index contributed by atoms with van der Waals surface area (Å²) in [5.74, 6) is -1.51. The number of ether oxygens (including phenoxy) is 1. The monoisotopic (exact) mass is 485 g/mol. The predicted octanol–water partition coefficient (Wildman–Crippen LogP) is 5.12. The first-order chi connectivity index (χ1) is 17.0. The molecule has 2 aromatic carbocycles. The van der Waals surface area contributed by atoms with Gasteiger partial charge >= 0.3 is 5.97 Å². The number of rotatable bonds is 5. The number of hydrogen-bond donors (Lipinski definition) is 1. The van der Waals surface area contributed by atoms with Gasteiger partial charge < -0.3 is 10.1 Å². The number of aromatic nitrogens is 1. The number of esters is 1. The van der Waals surface area contributed by atoms with Gasteiger partial charge in [-0.3, -0.25) is 9.59 Å². The van der Waals surface area contributed by atoms with Crippen LogP contribution < -0.4 is 10.3 Å². The summed E-state index contributed by atoms with van der Waals surface area (Å²) >= 11 is 6.06. The number of allylic oxidation sites excluding steroid dienone is 2. The van der Waals surface area contributed by atoms with Crippen LogP contribution in [-0.2, 0) is 20.9 Å². The van der Waals surface area contributed by atoms with Gasteiger partial charge in [0.1, 0.15) is 12.5 Å². The molecule has 3 unspecified atom stereocenters. The second-order valence-electron chi connectivity index (χ2n) is 9.00. The second-order valence-corrected chi connectivity index (χ2v) is 9.44. The Bertz CT molecular complexity index is 1290. The molecular weight excluding hydrogens is 460 g/mol. The zero-order chi connectivity index (χ0) is 24.4. The van der Waals surface area contributed by atoms with Gasteiger partial charge in [-0.15, -0.1) is 0 Å². The fraction of sp³-hybridized carbons (Fsp3) is 0.207. The Hall–Kier alpha value is -3.70. The molecule has 0 bridgehead atoms. The van der Waals surface area contributed by atoms with Crippen LogP contribution in [0.3, 0.4) is 0 Å². The molecule has 0 amide bonds. The normalized spacial score (nSPS) is 21.8. The molecule has 2 N–H and O–H groups in total. The Kier molecular flexibility index (Phi) is 6.51. The highest BCUT2D eigenvalue weighted by Crippen LogP contribution is 2.47. The van der Waals surface area contributed by atoms with Gasteiger partial charge in [0.2, 0.25) is 0 Å². The van der Waals surface area contributed by atoms with Gasteiger partial charge in [0, 0.05) is 46.5 Å². The molecule has 5 rings (SSSR count). The van der Waals surface area contributed by atoms with Crippen LogP contribution >= 0.6 is 11.6 Å². The van der Waals surface area contributed by atoms with Crippen LogP contribution in [0, 0.1) is 5.92 Å². The summed E-state index contributed by atoms with van der Waals surface area (Å²) in [4.78, 5) is 30.0. The largest absolute Gasteiger partial charge is 0.460 e. The summed E-state index contributed by atoms with van der Waals surface area (Å²) < 4.78 is 5.71. The van der Waals surface area contributed by atoms with Crippen molar-refractivity contribution in [3.05, 3.63) is 124 Å². The average Bonchev–Trinajstić information content (AvgIpc) is 2.88. The third-order valence-electron chi connectivity index (χ3n) is 6.76. The van der Waals surface area contributed by atoms with E-state index in [1.165, 1.54) is 0 Å². The molecule has 1 aromatic heterocycles. The van der Waals surface area contributed by atoms with Gasteiger partial charge in [-0.25, -0.2) is 4.98 Å². The molecule has 1 aliphatic carbocycles. The van der Waals surface area contributed by atoms with Crippen LogP contribution in [0.5, 0.6) is 0 Å². The van der Waals surface area contributed by atoms with Crippen LogP contribution in [0.4, 0.5) is 0 Å². The number of pyridine rings is 1. The van der Waals surface area contributed by atoms with Crippen molar-refractivity contribution < 1.29 is 19.3 Å². The summed E-state index contributed by atoms with van der Waals surface area (Å²) in [6.45, 7) is 4.35. The number of aromatic amines is 1. The van der Waals surface area contributed by atoms with Crippen LogP contribution in [0.15, 0.2) is 103 Å². The molecule has 2 heterocycles. The van der Waals surface area contributed by atoms with E-state index in [0.717, 1.165) is 22.4 Å². The number of halogens is 1. The third-order valence-corrected chi connectivity index (χ3v) is 7.01. The number of Topliss-reactive ketones (excluding diaryl/α,β-unsaturated/α-hetero) is 1. The van der Waals surface area contributed by atoms with Crippen molar-refractivity contribution in [3.8, 4) is 0 Å². The van der Waals surface area contributed by atoms with Gasteiger partial charge in [0.05, 0.1) is 0 Å². The van der Waals surface area contributed by atoms with Gasteiger partial charge in [-0.05, 0) is 41.2 Å². The summed E-state index contributed by atoms with van der Waals surface area (Å²) in [6.07, 6.45) is 4.63. The number of carbonyl (C=O) groups is 2. The first kappa shape index (κ1) is 23.1. The summed E-state index contributed by atoms with van der Waals surface area (Å²) in [5.41, 5.74) is 4.87. The molecule has 3 aromatic rings. The van der Waals surface area contributed by atoms with Crippen LogP contribution in [0.1, 0.15) is 41.4 Å². The van der Waals surface area contributed by atoms with E-state index in [1.807, 2.05) is 66.7 Å². The topological polar surface area (TPSA) is 69.5 Å². The van der Waals surface area contributed by atoms with Crippen molar-refractivity contribution in [2.75, 3.05) is 0 Å². The first-order valence-corrected chi connectivity index (χ1v) is 12.0. The van der Waals surface area contributed by atoms with E-state index in [0.29, 0.717) is 29.1 Å². The molecule has 6 heteroatoms. The Labute approximate surface area is 209 Å². The number of hydrogen-bond acceptors (Lipinski definition) is 4. The van der Waals surface area contributed by atoms with Gasteiger partial charge in [0.25, 0.3) is 0 Å². The minimum Gasteiger partial charge on any atom is -0.460 e. The molecule has 0 saturated heterocycles. The molecular formula is C29H26ClN2O3+. The summed E-state index contributed by atoms with van der Waals surface area (Å²) in [5, 5.41) is 3.98. The minimum atomic E-state index is -0.712. The molecule has 2 aliphatic rings. The van der Waals surface area contributed by atoms with Crippen molar-refractivity contribution in [2.24, 2.45) is 5.92 Å². The minimum absolute atomic E-state index is 0.0323. The highest BCUT2D eigenvalue weighted by Gasteiger charge is 2.45. The highest BCUT2D eigenvalue weighted by atomic mass is 35.5. The number of carbonyl (C=O) groups excluding carboxylic acids is 2. The van der Waals surface area contributed by atoms with Gasteiger partial charge in [-0.2, -0.15) is 0 Å². The molecule has 5 nitrogen and oxygen atoms in total. The lowest BCUT2D eigenvalue weighted by Crippen LogP contribution is -2.42. The third kappa shape index (κ3) is 4.77. The number of nitrogens with one attached hydrogen (secondary N) is 2. The van der Waals surface area contributed by atoms with Crippen molar-refractivity contribution >= 4 is 23.4 Å². The lowest BCUT2D eigenvalue weighted by Gasteiger charge is -2.39. The molecule has 0 spiro atoms. The SMILES string of the molecule is C=C1NC2=C(C(=O)CC(c3ccc(Cl)cc3)C2)C(c2cc[nH+]cc2)C1C(=O)OCc1ccccc1. The number of H-pyrrole nitrogens is 1. The Morgan fingerprint density at radius 1 is 1.00 bits per heavy atom. The maximum absolute atomic E-state index is 13.6. The zero-order valence-corrected chi connectivity index (χ0v) is 19.9. The quantitative estimate of drug-likeness (QED) is 0.509. The summed E-state index contributed by atoms with van der Waals surface area (Å²) in [7, 11) is 0. The smallest absolute Gasteiger partial charge is 0.316 e. The fourth-order valence-corrected chi connectivity index (χ4v) is 5.21. The van der Waals surface area contributed by atoms with E-state index in [-0.39, 0.29) is 18.3 Å². The number of ketones is 1. The molecule has 35 heavy (non-hydrogen) atoms. The maximum Gasteiger partial charge on any atom is 0.316 e. The average molecular weight is 486 g/mol. The fourth-order valence-electron chi connectivity index (χ4n) is 5.08. The standard InChI is InChI=1S/C29H25ClN2O3/c1-18-26(29(34)35-17-19-5-3-2-4-6-19)27(21-11-13-31-14-12-21)28-24(32-18)15-22(16-25(28)33)20-7-9-23(30)10-8-20/h2-14,22,26-27,32H,1,15-17H2/p+1. The van der Waals surface area contributed by atoms with E-state index >= 15 is 0 Å². The molecule has 0 fully saturated rings. The van der Waals surface area contributed by atoms with Crippen LogP contribution in [-0.4, -0.2) is 11.8 Å². The lowest BCUT2D eigenvalue weighted by atomic mass is 9.69. The highest BCUT2D eigenvalue weighted by molar-refractivity contribution is 6.30. The van der Waals surface area contributed by atoms with E-state index in [2.05, 4.69) is 16.9 Å². The van der Waals surface area contributed by atoms with Crippen molar-refractivity contribution in [3.63, 3.8) is 0 Å². The molecule has 176 valence electrons. The van der Waals surface area contributed by atoms with E-state index in [1.54, 1.807) is 12.4 Å². The van der Waals surface area contributed by atoms with Crippen LogP contribution in [0.2, 0.25) is 5.02 Å². The maximum atomic E-state index is 13.6. The van der Waals surface area contributed by atoms with E-state index < -0.39 is 17.8 Å². The molecule has 0 radical (unpaired) electrons. The van der Waals surface area contributed by atoms with Crippen molar-refractivity contribution in [1.82, 2.24) is 5.32 Å². The number of benzene rings is 2. The molecule has 1 aliphatic heterocycles. The van der Waals surface area contributed by atoms with E-state index in [9.17, 15) is 9.59 Å². The summed E-state index contributed by atoms with van der Waals surface area (Å²) in [6, 6.07) is 21.0. The Morgan fingerprint density at radius 2 is 1.71 bits per heavy atom. The lowest BCUT2D eigenvalue weighted by molar-refractivity contribution is -0.378. The first-order valence-electron chi connectivity index (χ1n) is 11.7. The van der Waals surface area contributed by atoms with Gasteiger partial charge in [0.15, 0.2) is 18.2 Å². The predicted molar refractivity (Wildman–Crippen MR) is 133 cm³/mol. The zero-order valence-electron chi connectivity index (χ0n) is 19.2. The van der Waals surface area contributed by atoms with Gasteiger partial charge in [-0.1, -0.05) is 60.6 Å². The van der Waals surface area contributed by atoms with E-state index in [4.69, 9.17) is 16.3 Å². The Balaban J connectivity index is 1.48. The molecule has 0 saturated carbocycles. The van der Waals surface area contributed by atoms with Crippen LogP contribution in [0.25, 0.3) is 0 Å². The van der Waals surface area contributed by atoms with Crippen molar-refractivity contribution in [1.29, 1.82) is 0 Å². The molecule has 3 atom stereocenters.